The van der Waals surface area contributed by atoms with E-state index in [-0.39, 0.29) is 0 Å². The Kier molecular flexibility index (Phi) is 4.53. The molecule has 0 bridgehead atoms. The zero-order valence-electron chi connectivity index (χ0n) is 11.1. The zero-order valence-corrected chi connectivity index (χ0v) is 12.7. The van der Waals surface area contributed by atoms with Crippen LogP contribution in [0.1, 0.15) is 18.4 Å². The number of piperidine rings is 1. The number of halogens is 1. The molecule has 0 saturated carbocycles. The number of hydrogen-bond donors (Lipinski definition) is 1. The third kappa shape index (κ3) is 2.90. The molecule has 1 N–H and O–H groups in total. The predicted molar refractivity (Wildman–Crippen MR) is 79.4 cm³/mol. The maximum absolute atomic E-state index is 11.9. The standard InChI is InChI=1S/C13H16ClN3O2S/c1-16-20(18,19)11-5-3-7-17(9-11)13-10(8-15)4-2-6-12(13)14/h2,4,6,11,16H,3,5,7,9H2,1H3. The average Bonchev–Trinajstić information content (AvgIpc) is 2.47. The molecule has 0 aromatic heterocycles. The minimum absolute atomic E-state index is 0.349. The number of nitrogens with zero attached hydrogens (tertiary/aromatic N) is 2. The molecular formula is C13H16ClN3O2S. The molecule has 1 atom stereocenters. The van der Waals surface area contributed by atoms with Gasteiger partial charge in [-0.1, -0.05) is 17.7 Å². The molecule has 108 valence electrons. The number of nitrogens with one attached hydrogen (secondary N) is 1. The molecule has 0 amide bonds. The molecule has 1 aliphatic rings. The first-order chi connectivity index (χ1) is 9.49. The quantitative estimate of drug-likeness (QED) is 0.922. The van der Waals surface area contributed by atoms with E-state index < -0.39 is 15.3 Å². The lowest BCUT2D eigenvalue weighted by Crippen LogP contribution is -2.46. The van der Waals surface area contributed by atoms with Gasteiger partial charge in [0, 0.05) is 13.1 Å². The average molecular weight is 314 g/mol. The van der Waals surface area contributed by atoms with Crippen LogP contribution >= 0.6 is 11.6 Å². The van der Waals surface area contributed by atoms with Crippen molar-refractivity contribution in [1.29, 1.82) is 5.26 Å². The van der Waals surface area contributed by atoms with Gasteiger partial charge in [0.1, 0.15) is 6.07 Å². The van der Waals surface area contributed by atoms with Crippen LogP contribution in [0.15, 0.2) is 18.2 Å². The van der Waals surface area contributed by atoms with Crippen molar-refractivity contribution in [3.63, 3.8) is 0 Å². The molecule has 2 rings (SSSR count). The molecule has 1 aromatic carbocycles. The van der Waals surface area contributed by atoms with Crippen molar-refractivity contribution in [2.45, 2.75) is 18.1 Å². The van der Waals surface area contributed by atoms with E-state index >= 15 is 0 Å². The number of hydrogen-bond acceptors (Lipinski definition) is 4. The largest absolute Gasteiger partial charge is 0.368 e. The molecule has 5 nitrogen and oxygen atoms in total. The minimum atomic E-state index is -3.31. The number of sulfonamides is 1. The van der Waals surface area contributed by atoms with Gasteiger partial charge >= 0.3 is 0 Å². The number of para-hydroxylation sites is 1. The van der Waals surface area contributed by atoms with Crippen molar-refractivity contribution in [2.75, 3.05) is 25.0 Å². The zero-order chi connectivity index (χ0) is 14.8. The summed E-state index contributed by atoms with van der Waals surface area (Å²) in [5.74, 6) is 0. The van der Waals surface area contributed by atoms with Gasteiger partial charge < -0.3 is 4.90 Å². The highest BCUT2D eigenvalue weighted by Crippen LogP contribution is 2.32. The van der Waals surface area contributed by atoms with E-state index in [1.807, 2.05) is 4.90 Å². The molecule has 20 heavy (non-hydrogen) atoms. The van der Waals surface area contributed by atoms with Crippen LogP contribution in [0, 0.1) is 11.3 Å². The summed E-state index contributed by atoms with van der Waals surface area (Å²) in [6.07, 6.45) is 1.37. The topological polar surface area (TPSA) is 73.2 Å². The van der Waals surface area contributed by atoms with Crippen molar-refractivity contribution in [1.82, 2.24) is 4.72 Å². The van der Waals surface area contributed by atoms with Crippen LogP contribution < -0.4 is 9.62 Å². The fourth-order valence-corrected chi connectivity index (χ4v) is 3.97. The maximum atomic E-state index is 11.9. The van der Waals surface area contributed by atoms with Crippen LogP contribution in [0.25, 0.3) is 0 Å². The molecule has 1 aliphatic heterocycles. The minimum Gasteiger partial charge on any atom is -0.368 e. The third-order valence-corrected chi connectivity index (χ3v) is 5.66. The van der Waals surface area contributed by atoms with Crippen molar-refractivity contribution in [2.24, 2.45) is 0 Å². The first-order valence-electron chi connectivity index (χ1n) is 6.35. The molecule has 1 heterocycles. The Hall–Kier alpha value is -1.29. The summed E-state index contributed by atoms with van der Waals surface area (Å²) in [7, 11) is -1.89. The van der Waals surface area contributed by atoms with Gasteiger partial charge in [-0.15, -0.1) is 0 Å². The summed E-state index contributed by atoms with van der Waals surface area (Å²) in [5.41, 5.74) is 1.10. The molecule has 1 unspecified atom stereocenters. The second-order valence-electron chi connectivity index (χ2n) is 4.71. The molecule has 1 fully saturated rings. The Bertz CT molecular complexity index is 640. The Morgan fingerprint density at radius 2 is 2.25 bits per heavy atom. The summed E-state index contributed by atoms with van der Waals surface area (Å²) in [6.45, 7) is 1.05. The molecule has 1 aromatic rings. The van der Waals surface area contributed by atoms with Gasteiger partial charge in [0.15, 0.2) is 0 Å². The Morgan fingerprint density at radius 3 is 2.90 bits per heavy atom. The van der Waals surface area contributed by atoms with E-state index in [1.54, 1.807) is 18.2 Å². The molecule has 7 heteroatoms. The molecular weight excluding hydrogens is 298 g/mol. The first kappa shape index (κ1) is 15.1. The van der Waals surface area contributed by atoms with Crippen LogP contribution in [0.2, 0.25) is 5.02 Å². The predicted octanol–water partition coefficient (Wildman–Crippen LogP) is 1.73. The van der Waals surface area contributed by atoms with Gasteiger partial charge in [-0.3, -0.25) is 0 Å². The van der Waals surface area contributed by atoms with Crippen LogP contribution in [-0.4, -0.2) is 33.8 Å². The fraction of sp³-hybridized carbons (Fsp3) is 0.462. The fourth-order valence-electron chi connectivity index (χ4n) is 2.49. The van der Waals surface area contributed by atoms with E-state index in [0.717, 1.165) is 6.42 Å². The molecule has 1 saturated heterocycles. The maximum Gasteiger partial charge on any atom is 0.215 e. The Morgan fingerprint density at radius 1 is 1.50 bits per heavy atom. The van der Waals surface area contributed by atoms with E-state index in [0.29, 0.717) is 35.8 Å². The monoisotopic (exact) mass is 313 g/mol. The van der Waals surface area contributed by atoms with Gasteiger partial charge in [0.25, 0.3) is 0 Å². The highest BCUT2D eigenvalue weighted by Gasteiger charge is 2.31. The van der Waals surface area contributed by atoms with Crippen molar-refractivity contribution in [3.05, 3.63) is 28.8 Å². The van der Waals surface area contributed by atoms with Gasteiger partial charge in [-0.05, 0) is 32.0 Å². The second kappa shape index (κ2) is 6.00. The summed E-state index contributed by atoms with van der Waals surface area (Å²) in [6, 6.07) is 7.24. The lowest BCUT2D eigenvalue weighted by Gasteiger charge is -2.34. The number of anilines is 1. The van der Waals surface area contributed by atoms with Crippen molar-refractivity contribution in [3.8, 4) is 6.07 Å². The van der Waals surface area contributed by atoms with Gasteiger partial charge in [0.05, 0.1) is 21.5 Å². The lowest BCUT2D eigenvalue weighted by atomic mass is 10.1. The third-order valence-electron chi connectivity index (χ3n) is 3.52. The number of rotatable bonds is 3. The summed E-state index contributed by atoms with van der Waals surface area (Å²) in [5, 5.41) is 9.18. The van der Waals surface area contributed by atoms with Crippen LogP contribution in [0.4, 0.5) is 5.69 Å². The SMILES string of the molecule is CNS(=O)(=O)C1CCCN(c2c(Cl)cccc2C#N)C1. The first-order valence-corrected chi connectivity index (χ1v) is 8.28. The lowest BCUT2D eigenvalue weighted by molar-refractivity contribution is 0.526. The highest BCUT2D eigenvalue weighted by molar-refractivity contribution is 7.90. The van der Waals surface area contributed by atoms with Crippen molar-refractivity contribution >= 4 is 27.3 Å². The van der Waals surface area contributed by atoms with Crippen LogP contribution in [0.3, 0.4) is 0 Å². The number of benzene rings is 1. The van der Waals surface area contributed by atoms with E-state index in [4.69, 9.17) is 11.6 Å². The van der Waals surface area contributed by atoms with E-state index in [1.165, 1.54) is 7.05 Å². The molecule has 0 spiro atoms. The summed E-state index contributed by atoms with van der Waals surface area (Å²) >= 11 is 6.18. The highest BCUT2D eigenvalue weighted by atomic mass is 35.5. The van der Waals surface area contributed by atoms with Gasteiger partial charge in [-0.25, -0.2) is 13.1 Å². The normalized spacial score (nSPS) is 19.6. The van der Waals surface area contributed by atoms with Gasteiger partial charge in [0.2, 0.25) is 10.0 Å². The number of nitriles is 1. The van der Waals surface area contributed by atoms with Crippen LogP contribution in [0.5, 0.6) is 0 Å². The van der Waals surface area contributed by atoms with E-state index in [9.17, 15) is 13.7 Å². The Balaban J connectivity index is 2.33. The Labute approximate surface area is 124 Å². The van der Waals surface area contributed by atoms with Crippen LogP contribution in [-0.2, 0) is 10.0 Å². The molecule has 0 radical (unpaired) electrons. The van der Waals surface area contributed by atoms with E-state index in [2.05, 4.69) is 10.8 Å². The van der Waals surface area contributed by atoms with Crippen molar-refractivity contribution < 1.29 is 8.42 Å². The summed E-state index contributed by atoms with van der Waals surface area (Å²) < 4.78 is 26.2. The summed E-state index contributed by atoms with van der Waals surface area (Å²) in [4.78, 5) is 1.89. The second-order valence-corrected chi connectivity index (χ2v) is 7.28. The van der Waals surface area contributed by atoms with Gasteiger partial charge in [-0.2, -0.15) is 5.26 Å². The smallest absolute Gasteiger partial charge is 0.215 e. The molecule has 0 aliphatic carbocycles.